The summed E-state index contributed by atoms with van der Waals surface area (Å²) in [6, 6.07) is 7.74. The first kappa shape index (κ1) is 22.3. The molecule has 1 amide bonds. The Balaban J connectivity index is 1.82. The van der Waals surface area contributed by atoms with Gasteiger partial charge in [0.1, 0.15) is 12.4 Å². The van der Waals surface area contributed by atoms with Gasteiger partial charge < -0.3 is 10.1 Å². The van der Waals surface area contributed by atoms with Crippen LogP contribution < -0.4 is 10.1 Å². The molecule has 0 bridgehead atoms. The quantitative estimate of drug-likeness (QED) is 0.507. The van der Waals surface area contributed by atoms with Gasteiger partial charge in [-0.25, -0.2) is 8.78 Å². The lowest BCUT2D eigenvalue weighted by Gasteiger charge is -2.14. The van der Waals surface area contributed by atoms with Crippen LogP contribution in [0.4, 0.5) is 22.0 Å². The summed E-state index contributed by atoms with van der Waals surface area (Å²) < 4.78 is 71.5. The predicted molar refractivity (Wildman–Crippen MR) is 105 cm³/mol. The van der Waals surface area contributed by atoms with Crippen molar-refractivity contribution in [1.29, 1.82) is 5.26 Å². The Morgan fingerprint density at radius 1 is 1.19 bits per heavy atom. The Bertz CT molecular complexity index is 1120. The van der Waals surface area contributed by atoms with E-state index in [4.69, 9.17) is 10.00 Å². The van der Waals surface area contributed by atoms with Crippen molar-refractivity contribution in [3.05, 3.63) is 63.8 Å². The first-order valence-electron chi connectivity index (χ1n) is 8.62. The van der Waals surface area contributed by atoms with E-state index in [1.165, 1.54) is 12.1 Å². The Kier molecular flexibility index (Phi) is 6.60. The number of amides is 1. The number of amidine groups is 1. The van der Waals surface area contributed by atoms with Crippen LogP contribution in [0.25, 0.3) is 6.08 Å². The number of halogens is 5. The van der Waals surface area contributed by atoms with Gasteiger partial charge >= 0.3 is 6.18 Å². The fourth-order valence-electron chi connectivity index (χ4n) is 2.51. The van der Waals surface area contributed by atoms with Gasteiger partial charge in [0.25, 0.3) is 5.91 Å². The number of aliphatic imine (C=N–C) groups is 1. The molecular formula is C20H12F5N3O2S. The molecule has 0 saturated heterocycles. The van der Waals surface area contributed by atoms with E-state index >= 15 is 0 Å². The van der Waals surface area contributed by atoms with Gasteiger partial charge in [0.05, 0.1) is 22.1 Å². The predicted octanol–water partition coefficient (Wildman–Crippen LogP) is 5.04. The van der Waals surface area contributed by atoms with Crippen LogP contribution in [-0.2, 0) is 11.0 Å². The number of hydrogen-bond acceptors (Lipinski definition) is 5. The molecule has 2 aromatic rings. The second-order valence-corrected chi connectivity index (χ2v) is 7.09. The van der Waals surface area contributed by atoms with Gasteiger partial charge in [-0.3, -0.25) is 4.79 Å². The van der Waals surface area contributed by atoms with Crippen molar-refractivity contribution in [3.8, 4) is 17.6 Å². The van der Waals surface area contributed by atoms with Gasteiger partial charge in [-0.05, 0) is 53.7 Å². The number of rotatable bonds is 5. The van der Waals surface area contributed by atoms with Gasteiger partial charge in [-0.1, -0.05) is 6.07 Å². The maximum Gasteiger partial charge on any atom is 0.420 e. The molecule has 0 aliphatic carbocycles. The monoisotopic (exact) mass is 453 g/mol. The molecule has 1 aliphatic rings. The summed E-state index contributed by atoms with van der Waals surface area (Å²) in [7, 11) is 0. The summed E-state index contributed by atoms with van der Waals surface area (Å²) in [4.78, 5) is 15.7. The van der Waals surface area contributed by atoms with Gasteiger partial charge in [-0.2, -0.15) is 23.4 Å². The summed E-state index contributed by atoms with van der Waals surface area (Å²) in [5.74, 6) is -2.67. The summed E-state index contributed by atoms with van der Waals surface area (Å²) in [5.41, 5.74) is -1.18. The zero-order valence-corrected chi connectivity index (χ0v) is 16.3. The Morgan fingerprint density at radius 2 is 1.94 bits per heavy atom. The molecule has 0 atom stereocenters. The van der Waals surface area contributed by atoms with Crippen molar-refractivity contribution in [2.75, 3.05) is 13.2 Å². The highest BCUT2D eigenvalue weighted by atomic mass is 32.2. The molecule has 11 heteroatoms. The number of ether oxygens (including phenoxy) is 1. The second-order valence-electron chi connectivity index (χ2n) is 6.06. The van der Waals surface area contributed by atoms with Crippen molar-refractivity contribution in [1.82, 2.24) is 5.32 Å². The minimum atomic E-state index is -4.81. The maximum absolute atomic E-state index is 14.5. The summed E-state index contributed by atoms with van der Waals surface area (Å²) in [5, 5.41) is 11.6. The topological polar surface area (TPSA) is 74.5 Å². The fourth-order valence-corrected chi connectivity index (χ4v) is 3.35. The molecule has 1 aliphatic heterocycles. The molecule has 0 unspecified atom stereocenters. The minimum absolute atomic E-state index is 0.0116. The lowest BCUT2D eigenvalue weighted by molar-refractivity contribution is -0.138. The third-order valence-corrected chi connectivity index (χ3v) is 4.82. The fraction of sp³-hybridized carbons (Fsp3) is 0.150. The van der Waals surface area contributed by atoms with E-state index in [2.05, 4.69) is 10.3 Å². The number of carbonyl (C=O) groups excluding carboxylic acids is 1. The van der Waals surface area contributed by atoms with Gasteiger partial charge in [0.15, 0.2) is 16.7 Å². The average molecular weight is 453 g/mol. The molecule has 160 valence electrons. The van der Waals surface area contributed by atoms with E-state index in [9.17, 15) is 26.7 Å². The lowest BCUT2D eigenvalue weighted by atomic mass is 10.1. The Morgan fingerprint density at radius 3 is 2.58 bits per heavy atom. The molecule has 31 heavy (non-hydrogen) atoms. The zero-order chi connectivity index (χ0) is 22.6. The number of thioether (sulfide) groups is 1. The standard InChI is InChI=1S/C20H12F5N3O2S/c21-5-6-27-19-28-18(29)17(31-19)9-11-1-4-16(14(22)8-11)30-15-3-2-12(10-26)7-13(15)20(23,24)25/h1-4,7-9H,5-6H2,(H,27,28,29)/b17-9+. The average Bonchev–Trinajstić information content (AvgIpc) is 3.07. The van der Waals surface area contributed by atoms with E-state index in [0.717, 1.165) is 36.0 Å². The van der Waals surface area contributed by atoms with Crippen LogP contribution >= 0.6 is 11.8 Å². The first-order chi connectivity index (χ1) is 14.7. The first-order valence-corrected chi connectivity index (χ1v) is 9.44. The van der Waals surface area contributed by atoms with E-state index in [0.29, 0.717) is 6.07 Å². The van der Waals surface area contributed by atoms with Crippen LogP contribution in [-0.4, -0.2) is 24.3 Å². The molecule has 0 spiro atoms. The summed E-state index contributed by atoms with van der Waals surface area (Å²) >= 11 is 0.953. The van der Waals surface area contributed by atoms with Gasteiger partial charge in [-0.15, -0.1) is 0 Å². The number of alkyl halides is 4. The number of nitrogens with one attached hydrogen (secondary N) is 1. The van der Waals surface area contributed by atoms with Gasteiger partial charge in [0.2, 0.25) is 0 Å². The molecule has 3 rings (SSSR count). The van der Waals surface area contributed by atoms with E-state index < -0.39 is 41.6 Å². The highest BCUT2D eigenvalue weighted by Gasteiger charge is 2.35. The normalized spacial score (nSPS) is 15.0. The van der Waals surface area contributed by atoms with Crippen LogP contribution in [0.1, 0.15) is 16.7 Å². The smallest absolute Gasteiger partial charge is 0.420 e. The van der Waals surface area contributed by atoms with Crippen LogP contribution in [0, 0.1) is 17.1 Å². The van der Waals surface area contributed by atoms with Crippen LogP contribution in [0.15, 0.2) is 46.3 Å². The highest BCUT2D eigenvalue weighted by Crippen LogP contribution is 2.39. The minimum Gasteiger partial charge on any atom is -0.454 e. The van der Waals surface area contributed by atoms with E-state index in [1.54, 1.807) is 6.07 Å². The molecule has 0 radical (unpaired) electrons. The van der Waals surface area contributed by atoms with Crippen molar-refractivity contribution in [2.24, 2.45) is 4.99 Å². The van der Waals surface area contributed by atoms with E-state index in [1.807, 2.05) is 0 Å². The Labute approximate surface area is 177 Å². The number of benzene rings is 2. The number of hydrogen-bond donors (Lipinski definition) is 1. The van der Waals surface area contributed by atoms with Crippen molar-refractivity contribution in [3.63, 3.8) is 0 Å². The number of nitriles is 1. The molecule has 0 fully saturated rings. The summed E-state index contributed by atoms with van der Waals surface area (Å²) in [6.45, 7) is -0.656. The largest absolute Gasteiger partial charge is 0.454 e. The summed E-state index contributed by atoms with van der Waals surface area (Å²) in [6.07, 6.45) is -3.46. The van der Waals surface area contributed by atoms with Crippen molar-refractivity contribution >= 4 is 28.9 Å². The van der Waals surface area contributed by atoms with Crippen molar-refractivity contribution in [2.45, 2.75) is 6.18 Å². The molecule has 1 heterocycles. The van der Waals surface area contributed by atoms with Crippen molar-refractivity contribution < 1.29 is 31.5 Å². The Hall–Kier alpha value is -3.39. The third-order valence-electron chi connectivity index (χ3n) is 3.88. The zero-order valence-electron chi connectivity index (χ0n) is 15.5. The molecule has 0 saturated carbocycles. The number of carbonyl (C=O) groups is 1. The van der Waals surface area contributed by atoms with Crippen LogP contribution in [0.5, 0.6) is 11.5 Å². The number of nitrogens with zero attached hydrogens (tertiary/aromatic N) is 2. The van der Waals surface area contributed by atoms with Crippen LogP contribution in [0.3, 0.4) is 0 Å². The molecule has 2 aromatic carbocycles. The van der Waals surface area contributed by atoms with Gasteiger partial charge in [0, 0.05) is 6.54 Å². The third kappa shape index (κ3) is 5.40. The molecule has 1 N–H and O–H groups in total. The second kappa shape index (κ2) is 9.18. The van der Waals surface area contributed by atoms with Crippen LogP contribution in [0.2, 0.25) is 0 Å². The SMILES string of the molecule is N#Cc1ccc(Oc2ccc(/C=C3/SC(NCCF)=NC3=O)cc2F)c(C(F)(F)F)c1. The maximum atomic E-state index is 14.5. The highest BCUT2D eigenvalue weighted by molar-refractivity contribution is 8.18. The molecular weight excluding hydrogens is 441 g/mol. The lowest BCUT2D eigenvalue weighted by Crippen LogP contribution is -2.21. The molecule has 5 nitrogen and oxygen atoms in total. The molecule has 0 aromatic heterocycles. The van der Waals surface area contributed by atoms with E-state index in [-0.39, 0.29) is 27.7 Å².